The molecule has 0 aliphatic rings. The lowest BCUT2D eigenvalue weighted by Gasteiger charge is -2.23. The van der Waals surface area contributed by atoms with Crippen LogP contribution in [-0.4, -0.2) is 290 Å². The fourth-order valence-electron chi connectivity index (χ4n) is 11.3. The summed E-state index contributed by atoms with van der Waals surface area (Å²) in [6.45, 7) is 1.87. The Balaban J connectivity index is 0. The Kier molecular flexibility index (Phi) is 61.5. The Bertz CT molecular complexity index is 3550. The van der Waals surface area contributed by atoms with E-state index in [1.165, 1.54) is 6.92 Å². The number of carbonyl (C=O) groups excluding carboxylic acids is 14. The molecule has 0 bridgehead atoms. The fourth-order valence-corrected chi connectivity index (χ4v) is 11.3. The Labute approximate surface area is 700 Å². The van der Waals surface area contributed by atoms with Gasteiger partial charge in [0.15, 0.2) is 23.1 Å². The maximum absolute atomic E-state index is 13.5. The summed E-state index contributed by atoms with van der Waals surface area (Å²) in [6.07, 6.45) is -4.33. The molecule has 0 spiro atoms. The highest BCUT2D eigenvalue weighted by molar-refractivity contribution is 6.00. The smallest absolute Gasteiger partial charge is 0.326 e. The number of azide groups is 1. The molecule has 0 aromatic carbocycles. The van der Waals surface area contributed by atoms with Crippen LogP contribution in [0.5, 0.6) is 0 Å². The van der Waals surface area contributed by atoms with Gasteiger partial charge in [-0.2, -0.15) is 0 Å². The zero-order chi connectivity index (χ0) is 92.7. The first kappa shape index (κ1) is 112. The Morgan fingerprint density at radius 2 is 0.656 bits per heavy atom. The van der Waals surface area contributed by atoms with Crippen molar-refractivity contribution >= 4 is 136 Å². The summed E-state index contributed by atoms with van der Waals surface area (Å²) >= 11 is 0. The van der Waals surface area contributed by atoms with Crippen molar-refractivity contribution in [3.63, 3.8) is 0 Å². The highest BCUT2D eigenvalue weighted by atomic mass is 16.5. The first-order chi connectivity index (χ1) is 57.5. The number of Topliss-reactive ketones (excluding diaryl/α,β-unsaturated/α-hetero) is 6. The summed E-state index contributed by atoms with van der Waals surface area (Å²) in [5, 5.41) is 105. The van der Waals surface area contributed by atoms with Gasteiger partial charge in [-0.25, -0.2) is 4.79 Å². The van der Waals surface area contributed by atoms with Crippen LogP contribution in [0.1, 0.15) is 207 Å². The number of nitrogens with zero attached hydrogens (tertiary/aromatic N) is 3. The molecule has 0 aromatic heterocycles. The van der Waals surface area contributed by atoms with Crippen molar-refractivity contribution in [1.29, 1.82) is 0 Å². The van der Waals surface area contributed by atoms with E-state index in [2.05, 4.69) is 52.6 Å². The molecule has 0 saturated heterocycles. The Morgan fingerprint density at radius 1 is 0.303 bits per heavy atom. The molecule has 0 heterocycles. The molecule has 0 aliphatic carbocycles. The van der Waals surface area contributed by atoms with Gasteiger partial charge in [0.2, 0.25) is 47.3 Å². The Morgan fingerprint density at radius 3 is 1.07 bits per heavy atom. The lowest BCUT2D eigenvalue weighted by atomic mass is 9.91. The molecule has 47 heteroatoms. The molecule has 9 unspecified atom stereocenters. The van der Waals surface area contributed by atoms with Crippen molar-refractivity contribution in [2.75, 3.05) is 72.5 Å². The van der Waals surface area contributed by atoms with Gasteiger partial charge < -0.3 is 117 Å². The van der Waals surface area contributed by atoms with E-state index in [0.717, 1.165) is 52.4 Å². The summed E-state index contributed by atoms with van der Waals surface area (Å²) in [7, 11) is 0. The third kappa shape index (κ3) is 61.5. The molecule has 686 valence electrons. The van der Waals surface area contributed by atoms with E-state index in [9.17, 15) is 146 Å². The number of carbonyl (C=O) groups is 23. The van der Waals surface area contributed by atoms with Crippen molar-refractivity contribution in [2.24, 2.45) is 22.9 Å². The van der Waals surface area contributed by atoms with Crippen LogP contribution in [0.3, 0.4) is 0 Å². The normalized spacial score (nSPS) is 12.9. The van der Waals surface area contributed by atoms with Crippen LogP contribution in [0, 0.1) is 17.8 Å². The number of carboxylic acid groups (broad SMARTS) is 9. The SMILES string of the molecule is CC(=O)CCC(=O)NC(CC(=O)O)C(=O)CC(CC(=O)O)C(=O)NC(CC(=O)O)C(=O)CCCOCCOCC(=O)NC(CCCCNC(=O)COCCOCCCC(=O)C(CC(=O)O)NC(=O)C(CC(=O)O)CC(=O)C(CC(=O)O)NC(=O)C(CC(C)=O)CC(=O)O)C(=O)NCCCCCCCCCCC(=O)NC(CCN=[N+]=[N-])C(=O)O.CC(=O)O. The molecule has 47 nitrogen and oxygen atoms in total. The molecule has 8 amide bonds. The van der Waals surface area contributed by atoms with E-state index in [4.69, 9.17) is 34.4 Å². The van der Waals surface area contributed by atoms with E-state index in [1.54, 1.807) is 0 Å². The molecule has 0 radical (unpaired) electrons. The molecular weight excluding hydrogens is 1630 g/mol. The van der Waals surface area contributed by atoms with E-state index < -0.39 is 274 Å². The highest BCUT2D eigenvalue weighted by Crippen LogP contribution is 2.20. The van der Waals surface area contributed by atoms with Crippen LogP contribution in [0.2, 0.25) is 0 Å². The lowest BCUT2D eigenvalue weighted by molar-refractivity contribution is -0.145. The lowest BCUT2D eigenvalue weighted by Crippen LogP contribution is -2.48. The van der Waals surface area contributed by atoms with Gasteiger partial charge in [-0.15, -0.1) is 0 Å². The summed E-state index contributed by atoms with van der Waals surface area (Å²) in [5.41, 5.74) is 8.42. The zero-order valence-electron chi connectivity index (χ0n) is 68.4. The third-order valence-corrected chi connectivity index (χ3v) is 17.2. The number of aliphatic carboxylic acids is 9. The fraction of sp³-hybridized carbons (Fsp3) is 0.693. The number of hydrogen-bond donors (Lipinski definition) is 17. The number of ether oxygens (including phenoxy) is 4. The van der Waals surface area contributed by atoms with Crippen LogP contribution >= 0.6 is 0 Å². The molecule has 0 fully saturated rings. The van der Waals surface area contributed by atoms with Crippen LogP contribution in [0.4, 0.5) is 0 Å². The predicted octanol–water partition coefficient (Wildman–Crippen LogP) is -0.112. The first-order valence-corrected chi connectivity index (χ1v) is 39.2. The number of nitrogens with one attached hydrogen (secondary N) is 8. The second-order valence-corrected chi connectivity index (χ2v) is 28.1. The van der Waals surface area contributed by atoms with Gasteiger partial charge in [-0.3, -0.25) is 95.9 Å². The summed E-state index contributed by atoms with van der Waals surface area (Å²) < 4.78 is 21.7. The van der Waals surface area contributed by atoms with Crippen LogP contribution in [0.15, 0.2) is 5.11 Å². The minimum Gasteiger partial charge on any atom is -0.481 e. The average molecular weight is 1750 g/mol. The number of ketones is 6. The van der Waals surface area contributed by atoms with Gasteiger partial charge >= 0.3 is 47.8 Å². The van der Waals surface area contributed by atoms with Crippen molar-refractivity contribution in [3.05, 3.63) is 10.4 Å². The van der Waals surface area contributed by atoms with Crippen molar-refractivity contribution < 1.29 is 175 Å². The summed E-state index contributed by atoms with van der Waals surface area (Å²) in [5.74, 6) is -29.9. The second kappa shape index (κ2) is 66.9. The van der Waals surface area contributed by atoms with Gasteiger partial charge in [0, 0.05) is 96.1 Å². The molecule has 17 N–H and O–H groups in total. The minimum absolute atomic E-state index is 0.0408. The number of hydrogen-bond acceptors (Lipinski definition) is 28. The molecule has 0 saturated carbocycles. The van der Waals surface area contributed by atoms with Crippen molar-refractivity contribution in [2.45, 2.75) is 243 Å². The summed E-state index contributed by atoms with van der Waals surface area (Å²) in [4.78, 5) is 284. The standard InChI is InChI=1S/C73H111N11O34.C2H4O2/c1-43(85)19-20-59(92)80-52(39-67(105)106)56(89)32-46(35-63(97)98)70(110)81-50(37-65(101)102)54(87)17-14-26-116-28-30-118-42-61(94)78-48(72(112)76-23-11-8-6-4-3-5-7-9-18-58(91)79-49(73(113)114)21-24-77-84-74)15-10-12-22-75-60(93)41-117-29-27-115-25-13-16-55(88)51(38-66(103)104)82-71(111)47(36-64(99)100)33-57(90)53(40-68(107)108)83-69(109)45(31-44(2)86)34-62(95)96;1-2(3)4/h45-53H,3-42H2,1-2H3,(H,75,93)(H,76,112)(H,78,94)(H,79,91)(H,80,92)(H,81,110)(H,82,111)(H,83,109)(H,95,96)(H,97,98)(H,99,100)(H,101,102)(H,103,104)(H,105,106)(H,107,108)(H,113,114);1H3,(H,3,4). The zero-order valence-corrected chi connectivity index (χ0v) is 68.4. The average Bonchev–Trinajstić information content (AvgIpc) is 0.861. The van der Waals surface area contributed by atoms with E-state index in [1.807, 2.05) is 0 Å². The third-order valence-electron chi connectivity index (χ3n) is 17.2. The molecule has 0 rings (SSSR count). The van der Waals surface area contributed by atoms with E-state index in [0.29, 0.717) is 25.7 Å². The molecule has 122 heavy (non-hydrogen) atoms. The van der Waals surface area contributed by atoms with Gasteiger partial charge in [-0.05, 0) is 70.7 Å². The summed E-state index contributed by atoms with van der Waals surface area (Å²) in [6, 6.07) is -9.38. The van der Waals surface area contributed by atoms with Crippen LogP contribution in [0.25, 0.3) is 10.4 Å². The monoisotopic (exact) mass is 1750 g/mol. The molecular formula is C75H115N11O36. The maximum Gasteiger partial charge on any atom is 0.326 e. The topological polar surface area (TPSA) is 757 Å². The van der Waals surface area contributed by atoms with Gasteiger partial charge in [0.05, 0.1) is 113 Å². The van der Waals surface area contributed by atoms with Crippen LogP contribution < -0.4 is 42.5 Å². The highest BCUT2D eigenvalue weighted by Gasteiger charge is 2.37. The maximum atomic E-state index is 13.5. The Hall–Kier alpha value is -11.8. The quantitative estimate of drug-likeness (QED) is 0.0163. The van der Waals surface area contributed by atoms with Crippen molar-refractivity contribution in [1.82, 2.24) is 42.5 Å². The van der Waals surface area contributed by atoms with Gasteiger partial charge in [-0.1, -0.05) is 43.6 Å². The predicted molar refractivity (Wildman–Crippen MR) is 415 cm³/mol. The minimum atomic E-state index is -1.94. The van der Waals surface area contributed by atoms with E-state index >= 15 is 0 Å². The number of unbranched alkanes of at least 4 members (excludes halogenated alkanes) is 8. The van der Waals surface area contributed by atoms with Crippen molar-refractivity contribution in [3.8, 4) is 0 Å². The van der Waals surface area contributed by atoms with Gasteiger partial charge in [0.1, 0.15) is 36.9 Å². The molecule has 0 aliphatic heterocycles. The van der Waals surface area contributed by atoms with Gasteiger partial charge in [0.25, 0.3) is 5.97 Å². The molecule has 0 aromatic rings. The largest absolute Gasteiger partial charge is 0.481 e. The molecule has 9 atom stereocenters. The van der Waals surface area contributed by atoms with Crippen LogP contribution in [-0.2, 0) is 129 Å². The number of rotatable bonds is 75. The second-order valence-electron chi connectivity index (χ2n) is 28.1. The van der Waals surface area contributed by atoms with E-state index in [-0.39, 0.29) is 110 Å². The number of carboxylic acids is 9. The first-order valence-electron chi connectivity index (χ1n) is 39.2. The number of amides is 8.